The van der Waals surface area contributed by atoms with E-state index in [1.54, 1.807) is 24.3 Å². The number of fused-ring (bicyclic) bond motifs is 1. The lowest BCUT2D eigenvalue weighted by Gasteiger charge is -2.05. The minimum atomic E-state index is -0.0977. The average Bonchev–Trinajstić information content (AvgIpc) is 3.32. The van der Waals surface area contributed by atoms with Gasteiger partial charge >= 0.3 is 0 Å². The highest BCUT2D eigenvalue weighted by Gasteiger charge is 2.08. The first-order valence-corrected chi connectivity index (χ1v) is 7.98. The van der Waals surface area contributed by atoms with Crippen molar-refractivity contribution in [3.63, 3.8) is 0 Å². The van der Waals surface area contributed by atoms with Crippen molar-refractivity contribution in [3.8, 4) is 11.4 Å². The van der Waals surface area contributed by atoms with Crippen molar-refractivity contribution in [2.45, 2.75) is 6.42 Å². The van der Waals surface area contributed by atoms with E-state index in [2.05, 4.69) is 37.0 Å². The van der Waals surface area contributed by atoms with Crippen LogP contribution >= 0.6 is 0 Å². The molecule has 2 heterocycles. The van der Waals surface area contributed by atoms with Crippen LogP contribution in [0.5, 0.6) is 0 Å². The third kappa shape index (κ3) is 3.12. The fourth-order valence-corrected chi connectivity index (χ4v) is 2.81. The van der Waals surface area contributed by atoms with Gasteiger partial charge in [0, 0.05) is 34.8 Å². The predicted octanol–water partition coefficient (Wildman–Crippen LogP) is 2.32. The van der Waals surface area contributed by atoms with E-state index in [0.717, 1.165) is 17.5 Å². The fraction of sp³-hybridized carbons (Fsp3) is 0.111. The Morgan fingerprint density at radius 3 is 2.72 bits per heavy atom. The molecule has 7 nitrogen and oxygen atoms in total. The number of carbonyl (C=O) groups is 1. The summed E-state index contributed by atoms with van der Waals surface area (Å²) in [7, 11) is 0. The number of H-pyrrole nitrogens is 2. The summed E-state index contributed by atoms with van der Waals surface area (Å²) < 4.78 is 0. The van der Waals surface area contributed by atoms with Gasteiger partial charge in [0.05, 0.1) is 0 Å². The zero-order valence-electron chi connectivity index (χ0n) is 13.4. The standard InChI is InChI=1S/C18H16N6O/c25-18(13-7-5-12(6-8-13)17-21-23-24-22-17)19-10-9-14-11-20-16-4-2-1-3-15(14)16/h1-8,11,20H,9-10H2,(H,19,25)(H,21,22,23,24). The van der Waals surface area contributed by atoms with Crippen LogP contribution in [0.25, 0.3) is 22.3 Å². The molecule has 0 saturated carbocycles. The lowest BCUT2D eigenvalue weighted by molar-refractivity contribution is 0.0954. The minimum absolute atomic E-state index is 0.0977. The van der Waals surface area contributed by atoms with Gasteiger partial charge in [-0.25, -0.2) is 0 Å². The maximum Gasteiger partial charge on any atom is 0.251 e. The van der Waals surface area contributed by atoms with Crippen LogP contribution in [-0.4, -0.2) is 38.1 Å². The molecule has 4 rings (SSSR count). The van der Waals surface area contributed by atoms with E-state index in [1.165, 1.54) is 10.9 Å². The number of nitrogens with zero attached hydrogens (tertiary/aromatic N) is 3. The van der Waals surface area contributed by atoms with Gasteiger partial charge in [-0.15, -0.1) is 10.2 Å². The number of hydrogen-bond acceptors (Lipinski definition) is 4. The van der Waals surface area contributed by atoms with Gasteiger partial charge in [0.2, 0.25) is 5.82 Å². The Balaban J connectivity index is 1.37. The first-order chi connectivity index (χ1) is 12.3. The van der Waals surface area contributed by atoms with Crippen LogP contribution in [0.15, 0.2) is 54.7 Å². The molecule has 0 radical (unpaired) electrons. The van der Waals surface area contributed by atoms with Crippen LogP contribution in [0.2, 0.25) is 0 Å². The summed E-state index contributed by atoms with van der Waals surface area (Å²) in [5.74, 6) is 0.408. The molecule has 0 saturated heterocycles. The molecule has 4 aromatic rings. The molecule has 0 aliphatic carbocycles. The third-order valence-corrected chi connectivity index (χ3v) is 4.11. The first kappa shape index (κ1) is 15.1. The number of hydrogen-bond donors (Lipinski definition) is 3. The van der Waals surface area contributed by atoms with E-state index in [4.69, 9.17) is 0 Å². The van der Waals surface area contributed by atoms with E-state index >= 15 is 0 Å². The second kappa shape index (κ2) is 6.56. The lowest BCUT2D eigenvalue weighted by Crippen LogP contribution is -2.25. The zero-order chi connectivity index (χ0) is 17.1. The number of aromatic nitrogens is 5. The molecule has 0 unspecified atom stereocenters. The Kier molecular flexibility index (Phi) is 3.96. The van der Waals surface area contributed by atoms with Gasteiger partial charge in [-0.1, -0.05) is 30.3 Å². The third-order valence-electron chi connectivity index (χ3n) is 4.11. The molecule has 0 aliphatic rings. The van der Waals surface area contributed by atoms with Gasteiger partial charge in [-0.2, -0.15) is 5.21 Å². The average molecular weight is 332 g/mol. The number of amides is 1. The first-order valence-electron chi connectivity index (χ1n) is 7.98. The number of carbonyl (C=O) groups excluding carboxylic acids is 1. The monoisotopic (exact) mass is 332 g/mol. The van der Waals surface area contributed by atoms with Crippen molar-refractivity contribution in [2.75, 3.05) is 6.54 Å². The number of benzene rings is 2. The molecular formula is C18H16N6O. The van der Waals surface area contributed by atoms with Gasteiger partial charge in [0.15, 0.2) is 0 Å². The van der Waals surface area contributed by atoms with Gasteiger partial charge in [-0.3, -0.25) is 4.79 Å². The van der Waals surface area contributed by atoms with Gasteiger partial charge in [0.1, 0.15) is 0 Å². The van der Waals surface area contributed by atoms with Crippen LogP contribution in [0.3, 0.4) is 0 Å². The van der Waals surface area contributed by atoms with Crippen molar-refractivity contribution < 1.29 is 4.79 Å². The van der Waals surface area contributed by atoms with Gasteiger partial charge in [-0.05, 0) is 35.4 Å². The molecule has 124 valence electrons. The largest absolute Gasteiger partial charge is 0.361 e. The Morgan fingerprint density at radius 1 is 1.08 bits per heavy atom. The fourth-order valence-electron chi connectivity index (χ4n) is 2.81. The van der Waals surface area contributed by atoms with Gasteiger partial charge < -0.3 is 10.3 Å². The van der Waals surface area contributed by atoms with Crippen LogP contribution in [-0.2, 0) is 6.42 Å². The molecular weight excluding hydrogens is 316 g/mol. The van der Waals surface area contributed by atoms with E-state index in [0.29, 0.717) is 17.9 Å². The molecule has 0 fully saturated rings. The second-order valence-electron chi connectivity index (χ2n) is 5.68. The number of aromatic amines is 2. The van der Waals surface area contributed by atoms with Crippen LogP contribution < -0.4 is 5.32 Å². The van der Waals surface area contributed by atoms with Crippen molar-refractivity contribution >= 4 is 16.8 Å². The highest BCUT2D eigenvalue weighted by Crippen LogP contribution is 2.18. The summed E-state index contributed by atoms with van der Waals surface area (Å²) >= 11 is 0. The minimum Gasteiger partial charge on any atom is -0.361 e. The lowest BCUT2D eigenvalue weighted by atomic mass is 10.1. The highest BCUT2D eigenvalue weighted by molar-refractivity contribution is 5.94. The van der Waals surface area contributed by atoms with E-state index < -0.39 is 0 Å². The Hall–Kier alpha value is -3.48. The van der Waals surface area contributed by atoms with E-state index in [9.17, 15) is 4.79 Å². The molecule has 2 aromatic carbocycles. The number of rotatable bonds is 5. The van der Waals surface area contributed by atoms with Crippen molar-refractivity contribution in [1.82, 2.24) is 30.9 Å². The molecule has 0 atom stereocenters. The van der Waals surface area contributed by atoms with Crippen molar-refractivity contribution in [1.29, 1.82) is 0 Å². The molecule has 0 bridgehead atoms. The maximum atomic E-state index is 12.3. The summed E-state index contributed by atoms with van der Waals surface area (Å²) in [5, 5.41) is 17.9. The second-order valence-corrected chi connectivity index (χ2v) is 5.68. The van der Waals surface area contributed by atoms with Gasteiger partial charge in [0.25, 0.3) is 5.91 Å². The summed E-state index contributed by atoms with van der Waals surface area (Å²) in [4.78, 5) is 15.5. The topological polar surface area (TPSA) is 99.4 Å². The van der Waals surface area contributed by atoms with Crippen LogP contribution in [0.4, 0.5) is 0 Å². The van der Waals surface area contributed by atoms with Crippen LogP contribution in [0, 0.1) is 0 Å². The summed E-state index contributed by atoms with van der Waals surface area (Å²) in [6.45, 7) is 0.577. The predicted molar refractivity (Wildman–Crippen MR) is 93.9 cm³/mol. The van der Waals surface area contributed by atoms with Crippen molar-refractivity contribution in [3.05, 3.63) is 65.9 Å². The van der Waals surface area contributed by atoms with E-state index in [1.807, 2.05) is 24.4 Å². The molecule has 25 heavy (non-hydrogen) atoms. The molecule has 7 heteroatoms. The zero-order valence-corrected chi connectivity index (χ0v) is 13.4. The summed E-state index contributed by atoms with van der Waals surface area (Å²) in [5.41, 5.74) is 3.72. The molecule has 1 amide bonds. The number of tetrazole rings is 1. The quantitative estimate of drug-likeness (QED) is 0.522. The maximum absolute atomic E-state index is 12.3. The Morgan fingerprint density at radius 2 is 1.92 bits per heavy atom. The molecule has 2 aromatic heterocycles. The normalized spacial score (nSPS) is 10.9. The molecule has 0 aliphatic heterocycles. The smallest absolute Gasteiger partial charge is 0.251 e. The van der Waals surface area contributed by atoms with Crippen LogP contribution in [0.1, 0.15) is 15.9 Å². The Labute approximate surface area is 143 Å². The molecule has 0 spiro atoms. The summed E-state index contributed by atoms with van der Waals surface area (Å²) in [6, 6.07) is 15.3. The number of para-hydroxylation sites is 1. The highest BCUT2D eigenvalue weighted by atomic mass is 16.1. The van der Waals surface area contributed by atoms with Crippen molar-refractivity contribution in [2.24, 2.45) is 0 Å². The SMILES string of the molecule is O=C(NCCc1c[nH]c2ccccc12)c1ccc(-c2nn[nH]n2)cc1. The van der Waals surface area contributed by atoms with E-state index in [-0.39, 0.29) is 5.91 Å². The molecule has 3 N–H and O–H groups in total. The summed E-state index contributed by atoms with van der Waals surface area (Å²) in [6.07, 6.45) is 2.77. The number of nitrogens with one attached hydrogen (secondary N) is 3. The Bertz CT molecular complexity index is 988.